The van der Waals surface area contributed by atoms with Crippen LogP contribution < -0.4 is 10.1 Å². The molecule has 0 spiro atoms. The number of benzene rings is 3. The fraction of sp³-hybridized carbons (Fsp3) is 0.292. The summed E-state index contributed by atoms with van der Waals surface area (Å²) in [6.07, 6.45) is 1.08. The van der Waals surface area contributed by atoms with Crippen LogP contribution in [0, 0.1) is 0 Å². The van der Waals surface area contributed by atoms with Crippen LogP contribution in [0.2, 0.25) is 0 Å². The molecule has 0 aliphatic heterocycles. The predicted octanol–water partition coefficient (Wildman–Crippen LogP) is 5.41. The molecule has 0 fully saturated rings. The maximum absolute atomic E-state index is 11.3. The van der Waals surface area contributed by atoms with Gasteiger partial charge < -0.3 is 10.1 Å². The van der Waals surface area contributed by atoms with Crippen molar-refractivity contribution in [2.45, 2.75) is 46.3 Å². The van der Waals surface area contributed by atoms with Gasteiger partial charge in [0, 0.05) is 6.92 Å². The number of ether oxygens (including phenoxy) is 1. The summed E-state index contributed by atoms with van der Waals surface area (Å²) in [5, 5.41) is 5.34. The normalized spacial score (nSPS) is 12.2. The molecule has 0 saturated heterocycles. The van der Waals surface area contributed by atoms with Crippen molar-refractivity contribution in [3.05, 3.63) is 77.4 Å². The van der Waals surface area contributed by atoms with Gasteiger partial charge in [0.15, 0.2) is 0 Å². The topological polar surface area (TPSA) is 38.3 Å². The molecule has 0 bridgehead atoms. The molecule has 1 atom stereocenters. The smallest absolute Gasteiger partial charge is 0.217 e. The highest BCUT2D eigenvalue weighted by molar-refractivity contribution is 5.84. The van der Waals surface area contributed by atoms with Crippen molar-refractivity contribution in [3.8, 4) is 5.75 Å². The van der Waals surface area contributed by atoms with Crippen LogP contribution in [0.4, 0.5) is 0 Å². The van der Waals surface area contributed by atoms with E-state index >= 15 is 0 Å². The van der Waals surface area contributed by atoms with Crippen molar-refractivity contribution in [3.63, 3.8) is 0 Å². The fourth-order valence-corrected chi connectivity index (χ4v) is 3.27. The molecule has 3 aromatic rings. The Morgan fingerprint density at radius 1 is 0.889 bits per heavy atom. The largest absolute Gasteiger partial charge is 0.491 e. The molecule has 0 saturated carbocycles. The maximum Gasteiger partial charge on any atom is 0.217 e. The number of fused-ring (bicyclic) bond motifs is 1. The number of hydrogen-bond acceptors (Lipinski definition) is 2. The van der Waals surface area contributed by atoms with Crippen LogP contribution in [0.3, 0.4) is 0 Å². The average Bonchev–Trinajstić information content (AvgIpc) is 2.62. The van der Waals surface area contributed by atoms with Crippen molar-refractivity contribution in [2.75, 3.05) is 0 Å². The van der Waals surface area contributed by atoms with Gasteiger partial charge in [-0.1, -0.05) is 42.5 Å². The molecular weight excluding hydrogens is 334 g/mol. The Morgan fingerprint density at radius 2 is 1.52 bits per heavy atom. The van der Waals surface area contributed by atoms with Gasteiger partial charge in [0.05, 0.1) is 12.1 Å². The third-order valence-electron chi connectivity index (χ3n) is 4.55. The monoisotopic (exact) mass is 361 g/mol. The van der Waals surface area contributed by atoms with E-state index in [0.29, 0.717) is 0 Å². The van der Waals surface area contributed by atoms with Crippen LogP contribution in [-0.2, 0) is 11.2 Å². The third-order valence-corrected chi connectivity index (χ3v) is 4.55. The molecule has 0 heterocycles. The lowest BCUT2D eigenvalue weighted by molar-refractivity contribution is -0.119. The van der Waals surface area contributed by atoms with Crippen LogP contribution in [0.25, 0.3) is 10.8 Å². The van der Waals surface area contributed by atoms with Gasteiger partial charge in [-0.25, -0.2) is 0 Å². The van der Waals surface area contributed by atoms with Crippen LogP contribution in [0.5, 0.6) is 5.75 Å². The zero-order valence-electron chi connectivity index (χ0n) is 16.5. The van der Waals surface area contributed by atoms with Gasteiger partial charge in [-0.15, -0.1) is 0 Å². The molecule has 0 aliphatic rings. The molecule has 0 radical (unpaired) electrons. The molecule has 1 N–H and O–H groups in total. The van der Waals surface area contributed by atoms with E-state index in [9.17, 15) is 4.79 Å². The molecular formula is C24H27NO2. The Bertz CT molecular complexity index is 929. The zero-order valence-corrected chi connectivity index (χ0v) is 16.5. The molecule has 1 amide bonds. The number of carbonyl (C=O) groups excluding carboxylic acids is 1. The predicted molar refractivity (Wildman–Crippen MR) is 111 cm³/mol. The molecule has 0 aromatic heterocycles. The van der Waals surface area contributed by atoms with Gasteiger partial charge in [0.25, 0.3) is 0 Å². The highest BCUT2D eigenvalue weighted by atomic mass is 16.5. The number of rotatable bonds is 6. The molecule has 3 heteroatoms. The summed E-state index contributed by atoms with van der Waals surface area (Å²) in [4.78, 5) is 11.3. The molecule has 27 heavy (non-hydrogen) atoms. The third kappa shape index (κ3) is 5.10. The van der Waals surface area contributed by atoms with Gasteiger partial charge in [0.2, 0.25) is 5.91 Å². The van der Waals surface area contributed by atoms with Crippen molar-refractivity contribution in [1.29, 1.82) is 0 Å². The number of carbonyl (C=O) groups is 1. The SMILES string of the molecule is CC(=O)NC(C)c1ccc2cc(Cc3ccc(OC(C)C)cc3)ccc2c1. The van der Waals surface area contributed by atoms with E-state index in [1.165, 1.54) is 21.9 Å². The minimum Gasteiger partial charge on any atom is -0.491 e. The minimum absolute atomic E-state index is 0.0113. The lowest BCUT2D eigenvalue weighted by atomic mass is 9.98. The maximum atomic E-state index is 11.3. The second kappa shape index (κ2) is 8.26. The number of amides is 1. The van der Waals surface area contributed by atoms with E-state index in [-0.39, 0.29) is 18.1 Å². The van der Waals surface area contributed by atoms with Gasteiger partial charge in [-0.2, -0.15) is 0 Å². The Balaban J connectivity index is 1.75. The van der Waals surface area contributed by atoms with E-state index in [1.54, 1.807) is 6.92 Å². The van der Waals surface area contributed by atoms with Gasteiger partial charge >= 0.3 is 0 Å². The van der Waals surface area contributed by atoms with Gasteiger partial charge in [-0.05, 0) is 72.9 Å². The summed E-state index contributed by atoms with van der Waals surface area (Å²) in [6.45, 7) is 7.62. The Morgan fingerprint density at radius 3 is 2.19 bits per heavy atom. The molecule has 140 valence electrons. The quantitative estimate of drug-likeness (QED) is 0.637. The van der Waals surface area contributed by atoms with Crippen molar-refractivity contribution in [1.82, 2.24) is 5.32 Å². The lowest BCUT2D eigenvalue weighted by Crippen LogP contribution is -2.23. The van der Waals surface area contributed by atoms with E-state index in [0.717, 1.165) is 17.7 Å². The number of hydrogen-bond donors (Lipinski definition) is 1. The summed E-state index contributed by atoms with van der Waals surface area (Å²) in [5.74, 6) is 0.899. The van der Waals surface area contributed by atoms with E-state index in [2.05, 4.69) is 53.8 Å². The van der Waals surface area contributed by atoms with Crippen molar-refractivity contribution in [2.24, 2.45) is 0 Å². The summed E-state index contributed by atoms with van der Waals surface area (Å²) < 4.78 is 5.71. The molecule has 3 rings (SSSR count). The summed E-state index contributed by atoms with van der Waals surface area (Å²) >= 11 is 0. The van der Waals surface area contributed by atoms with Crippen LogP contribution in [-0.4, -0.2) is 12.0 Å². The first-order valence-electron chi connectivity index (χ1n) is 9.46. The first-order valence-corrected chi connectivity index (χ1v) is 9.46. The summed E-state index contributed by atoms with van der Waals surface area (Å²) in [7, 11) is 0. The molecule has 3 aromatic carbocycles. The fourth-order valence-electron chi connectivity index (χ4n) is 3.27. The highest BCUT2D eigenvalue weighted by Gasteiger charge is 2.08. The van der Waals surface area contributed by atoms with E-state index in [1.807, 2.05) is 32.9 Å². The Hall–Kier alpha value is -2.81. The highest BCUT2D eigenvalue weighted by Crippen LogP contribution is 2.23. The van der Waals surface area contributed by atoms with Crippen LogP contribution >= 0.6 is 0 Å². The Kier molecular flexibility index (Phi) is 5.80. The molecule has 1 unspecified atom stereocenters. The van der Waals surface area contributed by atoms with Crippen LogP contribution in [0.15, 0.2) is 60.7 Å². The Labute approximate surface area is 161 Å². The van der Waals surface area contributed by atoms with Crippen molar-refractivity contribution >= 4 is 16.7 Å². The standard InChI is InChI=1S/C24H27NO2/c1-16(2)27-24-11-6-19(7-12-24)13-20-5-8-23-15-21(9-10-22(23)14-20)17(3)25-18(4)26/h5-12,14-17H,13H2,1-4H3,(H,25,26). The van der Waals surface area contributed by atoms with E-state index < -0.39 is 0 Å². The van der Waals surface area contributed by atoms with Crippen molar-refractivity contribution < 1.29 is 9.53 Å². The summed E-state index contributed by atoms with van der Waals surface area (Å²) in [5.41, 5.74) is 3.66. The zero-order chi connectivity index (χ0) is 19.4. The van der Waals surface area contributed by atoms with E-state index in [4.69, 9.17) is 4.74 Å². The van der Waals surface area contributed by atoms with Crippen LogP contribution in [0.1, 0.15) is 50.4 Å². The molecule has 0 aliphatic carbocycles. The van der Waals surface area contributed by atoms with Gasteiger partial charge in [0.1, 0.15) is 5.75 Å². The first-order chi connectivity index (χ1) is 12.9. The summed E-state index contributed by atoms with van der Waals surface area (Å²) in [6, 6.07) is 21.3. The lowest BCUT2D eigenvalue weighted by Gasteiger charge is -2.14. The second-order valence-electron chi connectivity index (χ2n) is 7.35. The minimum atomic E-state index is -0.0113. The second-order valence-corrected chi connectivity index (χ2v) is 7.35. The molecule has 3 nitrogen and oxygen atoms in total. The number of nitrogens with one attached hydrogen (secondary N) is 1. The average molecular weight is 361 g/mol. The van der Waals surface area contributed by atoms with Gasteiger partial charge in [-0.3, -0.25) is 4.79 Å². The first kappa shape index (κ1) is 19.0.